The van der Waals surface area contributed by atoms with Gasteiger partial charge in [-0.1, -0.05) is 18.2 Å². The molecule has 6 heteroatoms. The molecule has 2 rings (SSSR count). The summed E-state index contributed by atoms with van der Waals surface area (Å²) in [6, 6.07) is 6.75. The van der Waals surface area contributed by atoms with Gasteiger partial charge in [-0.2, -0.15) is 0 Å². The number of aromatic nitrogens is 2. The summed E-state index contributed by atoms with van der Waals surface area (Å²) in [5, 5.41) is 6.26. The first-order valence-electron chi connectivity index (χ1n) is 6.86. The van der Waals surface area contributed by atoms with Crippen LogP contribution in [0.3, 0.4) is 0 Å². The SMILES string of the molecule is CCNc1ncnc(NCCc2ccccc2F)c1OC. The number of anilines is 2. The van der Waals surface area contributed by atoms with E-state index in [0.717, 1.165) is 6.54 Å². The Hall–Kier alpha value is -2.37. The largest absolute Gasteiger partial charge is 0.490 e. The van der Waals surface area contributed by atoms with Gasteiger partial charge in [0.15, 0.2) is 11.6 Å². The average molecular weight is 290 g/mol. The molecule has 0 saturated carbocycles. The molecule has 0 bridgehead atoms. The van der Waals surface area contributed by atoms with Gasteiger partial charge in [0.1, 0.15) is 12.1 Å². The van der Waals surface area contributed by atoms with Gasteiger partial charge in [-0.15, -0.1) is 0 Å². The van der Waals surface area contributed by atoms with Crippen LogP contribution in [0.25, 0.3) is 0 Å². The van der Waals surface area contributed by atoms with Crippen molar-refractivity contribution >= 4 is 11.6 Å². The monoisotopic (exact) mass is 290 g/mol. The molecule has 0 radical (unpaired) electrons. The van der Waals surface area contributed by atoms with Gasteiger partial charge in [0.05, 0.1) is 7.11 Å². The third-order valence-corrected chi connectivity index (χ3v) is 3.00. The molecule has 0 amide bonds. The van der Waals surface area contributed by atoms with Crippen LogP contribution in [0.4, 0.5) is 16.0 Å². The molecule has 5 nitrogen and oxygen atoms in total. The van der Waals surface area contributed by atoms with Gasteiger partial charge in [-0.25, -0.2) is 14.4 Å². The molecule has 0 fully saturated rings. The topological polar surface area (TPSA) is 59.1 Å². The van der Waals surface area contributed by atoms with Crippen LogP contribution >= 0.6 is 0 Å². The van der Waals surface area contributed by atoms with Gasteiger partial charge in [0.2, 0.25) is 5.75 Å². The number of rotatable bonds is 7. The molecule has 112 valence electrons. The lowest BCUT2D eigenvalue weighted by Gasteiger charge is -2.13. The number of benzene rings is 1. The quantitative estimate of drug-likeness (QED) is 0.821. The second-order valence-corrected chi connectivity index (χ2v) is 4.40. The summed E-state index contributed by atoms with van der Waals surface area (Å²) >= 11 is 0. The summed E-state index contributed by atoms with van der Waals surface area (Å²) in [5.74, 6) is 1.61. The van der Waals surface area contributed by atoms with Crippen molar-refractivity contribution in [3.05, 3.63) is 42.0 Å². The van der Waals surface area contributed by atoms with E-state index >= 15 is 0 Å². The van der Waals surface area contributed by atoms with Gasteiger partial charge in [-0.05, 0) is 25.0 Å². The second kappa shape index (κ2) is 7.42. The van der Waals surface area contributed by atoms with E-state index in [9.17, 15) is 4.39 Å². The van der Waals surface area contributed by atoms with Gasteiger partial charge in [0, 0.05) is 13.1 Å². The normalized spacial score (nSPS) is 10.2. The molecule has 0 atom stereocenters. The highest BCUT2D eigenvalue weighted by atomic mass is 19.1. The van der Waals surface area contributed by atoms with E-state index in [1.807, 2.05) is 13.0 Å². The fraction of sp³-hybridized carbons (Fsp3) is 0.333. The Labute approximate surface area is 123 Å². The Bertz CT molecular complexity index is 592. The highest BCUT2D eigenvalue weighted by Crippen LogP contribution is 2.28. The zero-order chi connectivity index (χ0) is 15.1. The van der Waals surface area contributed by atoms with Crippen LogP contribution in [0.5, 0.6) is 5.75 Å². The van der Waals surface area contributed by atoms with Crippen molar-refractivity contribution in [2.24, 2.45) is 0 Å². The average Bonchev–Trinajstić information content (AvgIpc) is 2.50. The number of nitrogens with one attached hydrogen (secondary N) is 2. The van der Waals surface area contributed by atoms with Gasteiger partial charge < -0.3 is 15.4 Å². The fourth-order valence-corrected chi connectivity index (χ4v) is 2.00. The van der Waals surface area contributed by atoms with Crippen LogP contribution in [0.15, 0.2) is 30.6 Å². The first-order chi connectivity index (χ1) is 10.3. The molecular weight excluding hydrogens is 271 g/mol. The number of hydrogen-bond donors (Lipinski definition) is 2. The van der Waals surface area contributed by atoms with Crippen molar-refractivity contribution in [1.82, 2.24) is 9.97 Å². The Morgan fingerprint density at radius 1 is 1.14 bits per heavy atom. The minimum atomic E-state index is -0.192. The van der Waals surface area contributed by atoms with Gasteiger partial charge >= 0.3 is 0 Å². The number of nitrogens with zero attached hydrogens (tertiary/aromatic N) is 2. The van der Waals surface area contributed by atoms with Crippen molar-refractivity contribution < 1.29 is 9.13 Å². The number of ether oxygens (including phenoxy) is 1. The van der Waals surface area contributed by atoms with E-state index < -0.39 is 0 Å². The molecule has 1 aromatic carbocycles. The maximum atomic E-state index is 13.5. The fourth-order valence-electron chi connectivity index (χ4n) is 2.00. The highest BCUT2D eigenvalue weighted by Gasteiger charge is 2.11. The smallest absolute Gasteiger partial charge is 0.204 e. The second-order valence-electron chi connectivity index (χ2n) is 4.40. The van der Waals surface area contributed by atoms with Crippen LogP contribution in [-0.2, 0) is 6.42 Å². The molecule has 0 aliphatic carbocycles. The molecule has 21 heavy (non-hydrogen) atoms. The van der Waals surface area contributed by atoms with Crippen molar-refractivity contribution in [3.8, 4) is 5.75 Å². The number of halogens is 1. The summed E-state index contributed by atoms with van der Waals surface area (Å²) in [6.45, 7) is 3.27. The van der Waals surface area contributed by atoms with Crippen LogP contribution in [0.1, 0.15) is 12.5 Å². The standard InChI is InChI=1S/C15H19FN4O/c1-3-17-14-13(21-2)15(20-10-19-14)18-9-8-11-6-4-5-7-12(11)16/h4-7,10H,3,8-9H2,1-2H3,(H2,17,18,19,20). The molecule has 0 aliphatic heterocycles. The van der Waals surface area contributed by atoms with Crippen molar-refractivity contribution in [3.63, 3.8) is 0 Å². The third-order valence-electron chi connectivity index (χ3n) is 3.00. The van der Waals surface area contributed by atoms with E-state index in [2.05, 4.69) is 20.6 Å². The lowest BCUT2D eigenvalue weighted by atomic mass is 10.1. The van der Waals surface area contributed by atoms with Gasteiger partial charge in [0.25, 0.3) is 0 Å². The minimum absolute atomic E-state index is 0.192. The zero-order valence-electron chi connectivity index (χ0n) is 12.2. The first kappa shape index (κ1) is 15.0. The Morgan fingerprint density at radius 3 is 2.52 bits per heavy atom. The molecule has 0 saturated heterocycles. The van der Waals surface area contributed by atoms with Crippen LogP contribution < -0.4 is 15.4 Å². The molecule has 0 aliphatic rings. The van der Waals surface area contributed by atoms with E-state index in [-0.39, 0.29) is 5.82 Å². The summed E-state index contributed by atoms with van der Waals surface area (Å²) in [7, 11) is 1.57. The lowest BCUT2D eigenvalue weighted by Crippen LogP contribution is -2.11. The van der Waals surface area contributed by atoms with E-state index in [0.29, 0.717) is 35.9 Å². The Balaban J connectivity index is 2.03. The maximum absolute atomic E-state index is 13.5. The highest BCUT2D eigenvalue weighted by molar-refractivity contribution is 5.63. The minimum Gasteiger partial charge on any atom is -0.490 e. The molecule has 2 N–H and O–H groups in total. The molecule has 1 aromatic heterocycles. The molecule has 0 spiro atoms. The van der Waals surface area contributed by atoms with Crippen molar-refractivity contribution in [2.45, 2.75) is 13.3 Å². The summed E-state index contributed by atoms with van der Waals surface area (Å²) in [5.41, 5.74) is 0.671. The summed E-state index contributed by atoms with van der Waals surface area (Å²) in [6.07, 6.45) is 2.03. The zero-order valence-corrected chi connectivity index (χ0v) is 12.2. The van der Waals surface area contributed by atoms with E-state index in [4.69, 9.17) is 4.74 Å². The lowest BCUT2D eigenvalue weighted by molar-refractivity contribution is 0.414. The van der Waals surface area contributed by atoms with Crippen LogP contribution in [0.2, 0.25) is 0 Å². The molecule has 1 heterocycles. The summed E-state index contributed by atoms with van der Waals surface area (Å²) in [4.78, 5) is 8.30. The maximum Gasteiger partial charge on any atom is 0.204 e. The van der Waals surface area contributed by atoms with Crippen LogP contribution in [0, 0.1) is 5.82 Å². The van der Waals surface area contributed by atoms with E-state index in [1.165, 1.54) is 12.4 Å². The first-order valence-corrected chi connectivity index (χ1v) is 6.86. The number of hydrogen-bond acceptors (Lipinski definition) is 5. The van der Waals surface area contributed by atoms with Crippen LogP contribution in [-0.4, -0.2) is 30.2 Å². The molecule has 2 aromatic rings. The third kappa shape index (κ3) is 3.81. The van der Waals surface area contributed by atoms with E-state index in [1.54, 1.807) is 19.2 Å². The molecular formula is C15H19FN4O. The predicted molar refractivity (Wildman–Crippen MR) is 81.3 cm³/mol. The van der Waals surface area contributed by atoms with Crippen molar-refractivity contribution in [2.75, 3.05) is 30.8 Å². The van der Waals surface area contributed by atoms with Gasteiger partial charge in [-0.3, -0.25) is 0 Å². The summed E-state index contributed by atoms with van der Waals surface area (Å²) < 4.78 is 18.9. The molecule has 0 unspecified atom stereocenters. The Morgan fingerprint density at radius 2 is 1.86 bits per heavy atom. The van der Waals surface area contributed by atoms with Crippen molar-refractivity contribution in [1.29, 1.82) is 0 Å². The predicted octanol–water partition coefficient (Wildman–Crippen LogP) is 2.71. The number of methoxy groups -OCH3 is 1. The Kier molecular flexibility index (Phi) is 5.31.